The third-order valence-electron chi connectivity index (χ3n) is 3.80. The van der Waals surface area contributed by atoms with Crippen LogP contribution < -0.4 is 11.1 Å². The van der Waals surface area contributed by atoms with Gasteiger partial charge in [-0.2, -0.15) is 0 Å². The maximum Gasteiger partial charge on any atom is 0.182 e. The Balaban J connectivity index is 2.04. The molecular weight excluding hydrogens is 282 g/mol. The molecule has 0 saturated heterocycles. The molecular formula is C14H18F2N2OS. The molecule has 0 unspecified atom stereocenters. The van der Waals surface area contributed by atoms with E-state index in [1.165, 1.54) is 12.1 Å². The predicted molar refractivity (Wildman–Crippen MR) is 78.9 cm³/mol. The smallest absolute Gasteiger partial charge is 0.182 e. The lowest BCUT2D eigenvalue weighted by molar-refractivity contribution is 0.175. The third-order valence-corrected chi connectivity index (χ3v) is 4.02. The molecule has 0 bridgehead atoms. The molecule has 1 saturated carbocycles. The van der Waals surface area contributed by atoms with Gasteiger partial charge in [-0.3, -0.25) is 0 Å². The van der Waals surface area contributed by atoms with Crippen LogP contribution >= 0.6 is 12.2 Å². The van der Waals surface area contributed by atoms with E-state index in [0.29, 0.717) is 13.2 Å². The minimum absolute atomic E-state index is 0.0661. The van der Waals surface area contributed by atoms with Crippen LogP contribution in [0.5, 0.6) is 0 Å². The van der Waals surface area contributed by atoms with Crippen molar-refractivity contribution in [3.63, 3.8) is 0 Å². The molecule has 3 N–H and O–H groups in total. The first-order chi connectivity index (χ1) is 9.49. The van der Waals surface area contributed by atoms with Crippen LogP contribution in [0, 0.1) is 17.0 Å². The average molecular weight is 300 g/mol. The van der Waals surface area contributed by atoms with E-state index in [0.717, 1.165) is 19.3 Å². The zero-order valence-electron chi connectivity index (χ0n) is 11.3. The highest BCUT2D eigenvalue weighted by atomic mass is 32.1. The first kappa shape index (κ1) is 15.1. The number of benzene rings is 1. The molecule has 1 aromatic carbocycles. The van der Waals surface area contributed by atoms with Crippen LogP contribution in [0.2, 0.25) is 0 Å². The number of nitrogens with one attached hydrogen (secondary N) is 1. The molecule has 0 atom stereocenters. The van der Waals surface area contributed by atoms with Crippen LogP contribution in [0.15, 0.2) is 12.1 Å². The largest absolute Gasteiger partial charge is 0.389 e. The molecule has 0 amide bonds. The van der Waals surface area contributed by atoms with Crippen LogP contribution in [-0.4, -0.2) is 25.2 Å². The minimum Gasteiger partial charge on any atom is -0.389 e. The number of rotatable bonds is 7. The van der Waals surface area contributed by atoms with Gasteiger partial charge in [0.15, 0.2) is 11.6 Å². The van der Waals surface area contributed by atoms with Crippen molar-refractivity contribution in [3.8, 4) is 0 Å². The van der Waals surface area contributed by atoms with E-state index in [4.69, 9.17) is 10.5 Å². The van der Waals surface area contributed by atoms with Crippen molar-refractivity contribution in [1.29, 1.82) is 0 Å². The molecule has 20 heavy (non-hydrogen) atoms. The fraction of sp³-hybridized carbons (Fsp3) is 0.500. The highest BCUT2D eigenvalue weighted by molar-refractivity contribution is 7.80. The summed E-state index contributed by atoms with van der Waals surface area (Å²) in [6.07, 6.45) is 3.09. The minimum atomic E-state index is -0.996. The number of halogens is 2. The Labute approximate surface area is 122 Å². The fourth-order valence-electron chi connectivity index (χ4n) is 2.17. The van der Waals surface area contributed by atoms with Gasteiger partial charge in [-0.15, -0.1) is 0 Å². The number of ether oxygens (including phenoxy) is 1. The lowest BCUT2D eigenvalue weighted by atomic mass is 10.0. The van der Waals surface area contributed by atoms with Crippen molar-refractivity contribution >= 4 is 22.9 Å². The van der Waals surface area contributed by atoms with E-state index in [-0.39, 0.29) is 21.7 Å². The van der Waals surface area contributed by atoms with Crippen molar-refractivity contribution in [2.24, 2.45) is 11.1 Å². The quantitative estimate of drug-likeness (QED) is 0.760. The van der Waals surface area contributed by atoms with Gasteiger partial charge < -0.3 is 15.8 Å². The topological polar surface area (TPSA) is 47.3 Å². The second-order valence-electron chi connectivity index (χ2n) is 5.25. The summed E-state index contributed by atoms with van der Waals surface area (Å²) in [7, 11) is 1.66. The second-order valence-corrected chi connectivity index (χ2v) is 5.69. The van der Waals surface area contributed by atoms with Crippen LogP contribution in [-0.2, 0) is 4.74 Å². The third kappa shape index (κ3) is 3.24. The standard InChI is InChI=1S/C14H18F2N2OS/c1-19-7-6-14(4-5-14)8-18-10-3-2-9(13(17)20)11(15)12(10)16/h2-3,18H,4-8H2,1H3,(H2,17,20). The Hall–Kier alpha value is -1.27. The maximum absolute atomic E-state index is 13.9. The van der Waals surface area contributed by atoms with Gasteiger partial charge in [0.1, 0.15) is 4.99 Å². The van der Waals surface area contributed by atoms with Gasteiger partial charge >= 0.3 is 0 Å². The molecule has 2 rings (SSSR count). The molecule has 1 aromatic rings. The van der Waals surface area contributed by atoms with Crippen LogP contribution in [0.1, 0.15) is 24.8 Å². The van der Waals surface area contributed by atoms with E-state index in [1.807, 2.05) is 0 Å². The van der Waals surface area contributed by atoms with E-state index in [9.17, 15) is 8.78 Å². The Bertz CT molecular complexity index is 518. The summed E-state index contributed by atoms with van der Waals surface area (Å²) in [6, 6.07) is 2.87. The van der Waals surface area contributed by atoms with E-state index in [1.54, 1.807) is 7.11 Å². The number of anilines is 1. The van der Waals surface area contributed by atoms with Crippen molar-refractivity contribution in [2.45, 2.75) is 19.3 Å². The van der Waals surface area contributed by atoms with Gasteiger partial charge in [0.25, 0.3) is 0 Å². The SMILES string of the molecule is COCCC1(CNc2ccc(C(N)=S)c(F)c2F)CC1. The van der Waals surface area contributed by atoms with Crippen LogP contribution in [0.25, 0.3) is 0 Å². The van der Waals surface area contributed by atoms with Gasteiger partial charge in [-0.05, 0) is 36.8 Å². The van der Waals surface area contributed by atoms with Crippen LogP contribution in [0.3, 0.4) is 0 Å². The van der Waals surface area contributed by atoms with Crippen LogP contribution in [0.4, 0.5) is 14.5 Å². The molecule has 1 aliphatic rings. The Kier molecular flexibility index (Phi) is 4.55. The zero-order valence-corrected chi connectivity index (χ0v) is 12.2. The number of hydrogen-bond acceptors (Lipinski definition) is 3. The van der Waals surface area contributed by atoms with Crippen molar-refractivity contribution in [1.82, 2.24) is 0 Å². The number of methoxy groups -OCH3 is 1. The molecule has 0 radical (unpaired) electrons. The van der Waals surface area contributed by atoms with Gasteiger partial charge in [-0.1, -0.05) is 12.2 Å². The maximum atomic E-state index is 13.9. The summed E-state index contributed by atoms with van der Waals surface area (Å²) >= 11 is 4.67. The predicted octanol–water partition coefficient (Wildman–Crippen LogP) is 2.83. The number of hydrogen-bond donors (Lipinski definition) is 2. The fourth-order valence-corrected chi connectivity index (χ4v) is 2.33. The Morgan fingerprint density at radius 2 is 2.10 bits per heavy atom. The molecule has 3 nitrogen and oxygen atoms in total. The molecule has 0 aromatic heterocycles. The summed E-state index contributed by atoms with van der Waals surface area (Å²) in [6.45, 7) is 1.29. The molecule has 1 aliphatic carbocycles. The second kappa shape index (κ2) is 6.01. The summed E-state index contributed by atoms with van der Waals surface area (Å²) in [5.41, 5.74) is 5.56. The molecule has 1 fully saturated rings. The molecule has 0 spiro atoms. The Morgan fingerprint density at radius 1 is 1.40 bits per heavy atom. The lowest BCUT2D eigenvalue weighted by Gasteiger charge is -2.17. The summed E-state index contributed by atoms with van der Waals surface area (Å²) in [4.78, 5) is -0.147. The number of nitrogens with two attached hydrogens (primary N) is 1. The molecule has 0 heterocycles. The molecule has 110 valence electrons. The summed E-state index contributed by atoms with van der Waals surface area (Å²) in [5.74, 6) is -1.93. The first-order valence-electron chi connectivity index (χ1n) is 6.50. The van der Waals surface area contributed by atoms with E-state index in [2.05, 4.69) is 17.5 Å². The highest BCUT2D eigenvalue weighted by Gasteiger charge is 2.41. The molecule has 6 heteroatoms. The van der Waals surface area contributed by atoms with Gasteiger partial charge in [0.2, 0.25) is 0 Å². The monoisotopic (exact) mass is 300 g/mol. The first-order valence-corrected chi connectivity index (χ1v) is 6.90. The average Bonchev–Trinajstić information content (AvgIpc) is 3.18. The normalized spacial score (nSPS) is 15.9. The van der Waals surface area contributed by atoms with Gasteiger partial charge in [-0.25, -0.2) is 8.78 Å². The zero-order chi connectivity index (χ0) is 14.8. The lowest BCUT2D eigenvalue weighted by Crippen LogP contribution is -2.19. The van der Waals surface area contributed by atoms with Crippen molar-refractivity contribution in [3.05, 3.63) is 29.3 Å². The Morgan fingerprint density at radius 3 is 2.65 bits per heavy atom. The summed E-state index contributed by atoms with van der Waals surface area (Å²) in [5, 5.41) is 2.98. The van der Waals surface area contributed by atoms with Gasteiger partial charge in [0.05, 0.1) is 5.69 Å². The van der Waals surface area contributed by atoms with E-state index < -0.39 is 11.6 Å². The van der Waals surface area contributed by atoms with Crippen molar-refractivity contribution in [2.75, 3.05) is 25.6 Å². The van der Waals surface area contributed by atoms with Gasteiger partial charge in [0, 0.05) is 25.8 Å². The number of thiocarbonyl (C=S) groups is 1. The van der Waals surface area contributed by atoms with Crippen molar-refractivity contribution < 1.29 is 13.5 Å². The highest BCUT2D eigenvalue weighted by Crippen LogP contribution is 2.48. The molecule has 0 aliphatic heterocycles. The van der Waals surface area contributed by atoms with E-state index >= 15 is 0 Å². The summed E-state index contributed by atoms with van der Waals surface area (Å²) < 4.78 is 32.7.